The predicted octanol–water partition coefficient (Wildman–Crippen LogP) is 2.84. The van der Waals surface area contributed by atoms with E-state index in [2.05, 4.69) is 20.9 Å². The van der Waals surface area contributed by atoms with E-state index >= 15 is 0 Å². The molecule has 6 heteroatoms. The molecule has 3 rings (SSSR count). The van der Waals surface area contributed by atoms with E-state index in [4.69, 9.17) is 0 Å². The molecule has 3 N–H and O–H groups in total. The Labute approximate surface area is 165 Å². The number of halogens is 1. The highest BCUT2D eigenvalue weighted by Gasteiger charge is 2.44. The van der Waals surface area contributed by atoms with E-state index in [9.17, 15) is 9.18 Å². The average molecular weight is 382 g/mol. The largest absolute Gasteiger partial charge is 0.356 e. The van der Waals surface area contributed by atoms with Crippen LogP contribution in [-0.4, -0.2) is 38.5 Å². The Balaban J connectivity index is 1.37. The molecule has 2 aromatic rings. The van der Waals surface area contributed by atoms with Gasteiger partial charge in [-0.2, -0.15) is 0 Å². The fraction of sp³-hybridized carbons (Fsp3) is 0.364. The van der Waals surface area contributed by atoms with E-state index < -0.39 is 0 Å². The molecule has 1 fully saturated rings. The van der Waals surface area contributed by atoms with Crippen molar-refractivity contribution >= 4 is 11.9 Å². The predicted molar refractivity (Wildman–Crippen MR) is 110 cm³/mol. The second-order valence-corrected chi connectivity index (χ2v) is 7.12. The number of hydrogen-bond donors (Lipinski definition) is 3. The van der Waals surface area contributed by atoms with Crippen molar-refractivity contribution < 1.29 is 9.18 Å². The number of nitrogens with zero attached hydrogens (tertiary/aromatic N) is 1. The summed E-state index contributed by atoms with van der Waals surface area (Å²) in [5, 5.41) is 9.51. The Morgan fingerprint density at radius 2 is 1.79 bits per heavy atom. The van der Waals surface area contributed by atoms with Gasteiger partial charge < -0.3 is 16.0 Å². The van der Waals surface area contributed by atoms with Crippen LogP contribution in [0.5, 0.6) is 0 Å². The van der Waals surface area contributed by atoms with Crippen LogP contribution in [0.3, 0.4) is 0 Å². The summed E-state index contributed by atoms with van der Waals surface area (Å²) in [7, 11) is 1.73. The second kappa shape index (κ2) is 9.35. The first kappa shape index (κ1) is 19.9. The Morgan fingerprint density at radius 3 is 2.46 bits per heavy atom. The molecule has 1 aliphatic rings. The molecule has 0 radical (unpaired) electrons. The van der Waals surface area contributed by atoms with E-state index in [1.165, 1.54) is 6.07 Å². The summed E-state index contributed by atoms with van der Waals surface area (Å²) in [5.74, 6) is 0.467. The Kier molecular flexibility index (Phi) is 6.63. The van der Waals surface area contributed by atoms with Crippen molar-refractivity contribution in [1.82, 2.24) is 16.0 Å². The molecule has 5 nitrogen and oxygen atoms in total. The minimum absolute atomic E-state index is 0.00335. The van der Waals surface area contributed by atoms with Crippen LogP contribution < -0.4 is 16.0 Å². The number of amides is 1. The molecular formula is C22H27FN4O. The zero-order valence-corrected chi connectivity index (χ0v) is 16.2. The SMILES string of the molecule is CN=C(NCCCNC(=O)c1ccccc1)NCC1(c2cccc(F)c2)CC1. The van der Waals surface area contributed by atoms with Crippen LogP contribution in [0.4, 0.5) is 4.39 Å². The van der Waals surface area contributed by atoms with E-state index in [-0.39, 0.29) is 17.1 Å². The molecular weight excluding hydrogens is 355 g/mol. The van der Waals surface area contributed by atoms with Crippen molar-refractivity contribution in [3.8, 4) is 0 Å². The maximum atomic E-state index is 13.5. The molecule has 1 saturated carbocycles. The van der Waals surface area contributed by atoms with Gasteiger partial charge in [0.2, 0.25) is 0 Å². The number of nitrogens with one attached hydrogen (secondary N) is 3. The van der Waals surface area contributed by atoms with Gasteiger partial charge in [0.05, 0.1) is 0 Å². The molecule has 0 spiro atoms. The zero-order valence-electron chi connectivity index (χ0n) is 16.2. The van der Waals surface area contributed by atoms with Gasteiger partial charge in [-0.15, -0.1) is 0 Å². The smallest absolute Gasteiger partial charge is 0.251 e. The molecule has 0 bridgehead atoms. The molecule has 148 valence electrons. The maximum absolute atomic E-state index is 13.5. The molecule has 0 atom stereocenters. The summed E-state index contributed by atoms with van der Waals surface area (Å²) in [5.41, 5.74) is 1.71. The van der Waals surface area contributed by atoms with Gasteiger partial charge in [-0.1, -0.05) is 30.3 Å². The number of carbonyl (C=O) groups is 1. The highest BCUT2D eigenvalue weighted by molar-refractivity contribution is 5.94. The van der Waals surface area contributed by atoms with Gasteiger partial charge in [-0.3, -0.25) is 9.79 Å². The lowest BCUT2D eigenvalue weighted by Crippen LogP contribution is -2.42. The number of carbonyl (C=O) groups excluding carboxylic acids is 1. The Morgan fingerprint density at radius 1 is 1.04 bits per heavy atom. The number of benzene rings is 2. The summed E-state index contributed by atoms with van der Waals surface area (Å²) in [6, 6.07) is 16.0. The van der Waals surface area contributed by atoms with Crippen molar-refractivity contribution in [2.24, 2.45) is 4.99 Å². The molecule has 28 heavy (non-hydrogen) atoms. The maximum Gasteiger partial charge on any atom is 0.251 e. The van der Waals surface area contributed by atoms with Crippen LogP contribution in [0, 0.1) is 5.82 Å². The highest BCUT2D eigenvalue weighted by Crippen LogP contribution is 2.47. The lowest BCUT2D eigenvalue weighted by Gasteiger charge is -2.19. The molecule has 0 saturated heterocycles. The first-order valence-corrected chi connectivity index (χ1v) is 9.67. The fourth-order valence-corrected chi connectivity index (χ4v) is 3.20. The third-order valence-electron chi connectivity index (χ3n) is 5.08. The Bertz CT molecular complexity index is 818. The van der Waals surface area contributed by atoms with Crippen molar-refractivity contribution in [2.75, 3.05) is 26.7 Å². The second-order valence-electron chi connectivity index (χ2n) is 7.12. The van der Waals surface area contributed by atoms with Crippen LogP contribution in [0.25, 0.3) is 0 Å². The van der Waals surface area contributed by atoms with Crippen molar-refractivity contribution in [1.29, 1.82) is 0 Å². The molecule has 1 amide bonds. The normalized spacial score (nSPS) is 15.0. The first-order valence-electron chi connectivity index (χ1n) is 9.67. The standard InChI is InChI=1S/C22H27FN4O/c1-24-21(26-14-6-13-25-20(28)17-7-3-2-4-8-17)27-16-22(11-12-22)18-9-5-10-19(23)15-18/h2-5,7-10,15H,6,11-14,16H2,1H3,(H,25,28)(H2,24,26,27). The molecule has 1 aliphatic carbocycles. The summed E-state index contributed by atoms with van der Waals surface area (Å²) in [6.45, 7) is 2.01. The van der Waals surface area contributed by atoms with Crippen molar-refractivity contribution in [3.63, 3.8) is 0 Å². The van der Waals surface area contributed by atoms with Gasteiger partial charge in [0, 0.05) is 37.7 Å². The summed E-state index contributed by atoms with van der Waals surface area (Å²) >= 11 is 0. The van der Waals surface area contributed by atoms with Gasteiger partial charge >= 0.3 is 0 Å². The molecule has 0 aromatic heterocycles. The van der Waals surface area contributed by atoms with Crippen LogP contribution in [0.2, 0.25) is 0 Å². The van der Waals surface area contributed by atoms with Gasteiger partial charge in [0.25, 0.3) is 5.91 Å². The van der Waals surface area contributed by atoms with Crippen LogP contribution in [0.1, 0.15) is 35.2 Å². The lowest BCUT2D eigenvalue weighted by atomic mass is 9.96. The summed E-state index contributed by atoms with van der Waals surface area (Å²) in [6.07, 6.45) is 2.88. The molecule has 0 heterocycles. The van der Waals surface area contributed by atoms with Gasteiger partial charge in [-0.05, 0) is 49.1 Å². The van der Waals surface area contributed by atoms with Crippen LogP contribution in [0.15, 0.2) is 59.6 Å². The average Bonchev–Trinajstić information content (AvgIpc) is 3.52. The number of guanidine groups is 1. The minimum atomic E-state index is -0.191. The van der Waals surface area contributed by atoms with E-state index in [1.807, 2.05) is 24.3 Å². The van der Waals surface area contributed by atoms with Crippen molar-refractivity contribution in [2.45, 2.75) is 24.7 Å². The third kappa shape index (κ3) is 5.31. The van der Waals surface area contributed by atoms with Gasteiger partial charge in [0.15, 0.2) is 5.96 Å². The van der Waals surface area contributed by atoms with Crippen LogP contribution in [-0.2, 0) is 5.41 Å². The summed E-state index contributed by atoms with van der Waals surface area (Å²) in [4.78, 5) is 16.2. The van der Waals surface area contributed by atoms with E-state index in [1.54, 1.807) is 31.3 Å². The quantitative estimate of drug-likeness (QED) is 0.374. The zero-order chi connectivity index (χ0) is 19.8. The number of aliphatic imine (C=N–C) groups is 1. The third-order valence-corrected chi connectivity index (χ3v) is 5.08. The van der Waals surface area contributed by atoms with Gasteiger partial charge in [0.1, 0.15) is 5.82 Å². The van der Waals surface area contributed by atoms with Crippen LogP contribution >= 0.6 is 0 Å². The highest BCUT2D eigenvalue weighted by atomic mass is 19.1. The monoisotopic (exact) mass is 382 g/mol. The summed E-state index contributed by atoms with van der Waals surface area (Å²) < 4.78 is 13.5. The number of rotatable bonds is 8. The Hall–Kier alpha value is -2.89. The molecule has 2 aromatic carbocycles. The van der Waals surface area contributed by atoms with E-state index in [0.717, 1.165) is 37.3 Å². The van der Waals surface area contributed by atoms with Crippen molar-refractivity contribution in [3.05, 3.63) is 71.5 Å². The lowest BCUT2D eigenvalue weighted by molar-refractivity contribution is 0.0953. The first-order chi connectivity index (χ1) is 13.6. The van der Waals surface area contributed by atoms with E-state index in [0.29, 0.717) is 18.7 Å². The topological polar surface area (TPSA) is 65.5 Å². The minimum Gasteiger partial charge on any atom is -0.356 e. The molecule has 0 unspecified atom stereocenters. The number of hydrogen-bond acceptors (Lipinski definition) is 2. The molecule has 0 aliphatic heterocycles. The van der Waals surface area contributed by atoms with Gasteiger partial charge in [-0.25, -0.2) is 4.39 Å². The fourth-order valence-electron chi connectivity index (χ4n) is 3.20.